The van der Waals surface area contributed by atoms with Gasteiger partial charge in [0.15, 0.2) is 5.82 Å². The molecular formula is C14H18N2O3. The quantitative estimate of drug-likeness (QED) is 0.862. The number of hydrogen-bond donors (Lipinski definition) is 1. The third-order valence-electron chi connectivity index (χ3n) is 2.89. The van der Waals surface area contributed by atoms with Crippen molar-refractivity contribution in [2.24, 2.45) is 0 Å². The Morgan fingerprint density at radius 3 is 3.00 bits per heavy atom. The Bertz CT molecular complexity index is 525. The summed E-state index contributed by atoms with van der Waals surface area (Å²) < 4.78 is 10.3. The third-order valence-corrected chi connectivity index (χ3v) is 2.89. The van der Waals surface area contributed by atoms with Crippen molar-refractivity contribution in [3.05, 3.63) is 41.5 Å². The molecular weight excluding hydrogens is 244 g/mol. The number of methoxy groups -OCH3 is 1. The maximum Gasteiger partial charge on any atom is 0.229 e. The Morgan fingerprint density at radius 1 is 1.42 bits per heavy atom. The number of nitrogens with zero attached hydrogens (tertiary/aromatic N) is 2. The van der Waals surface area contributed by atoms with Crippen molar-refractivity contribution >= 4 is 0 Å². The van der Waals surface area contributed by atoms with Crippen LogP contribution in [0.4, 0.5) is 0 Å². The lowest BCUT2D eigenvalue weighted by atomic mass is 10.1. The van der Waals surface area contributed by atoms with Gasteiger partial charge in [0.05, 0.1) is 19.6 Å². The number of rotatable bonds is 6. The van der Waals surface area contributed by atoms with Crippen LogP contribution in [0.1, 0.15) is 30.6 Å². The summed E-state index contributed by atoms with van der Waals surface area (Å²) in [7, 11) is 1.64. The van der Waals surface area contributed by atoms with Gasteiger partial charge in [0.2, 0.25) is 5.89 Å². The summed E-state index contributed by atoms with van der Waals surface area (Å²) in [4.78, 5) is 4.27. The SMILES string of the molecule is CCC(O)Cc1nc(Cc2cccc(OC)c2)no1. The molecule has 0 fully saturated rings. The van der Waals surface area contributed by atoms with E-state index < -0.39 is 6.10 Å². The number of hydrogen-bond acceptors (Lipinski definition) is 5. The average molecular weight is 262 g/mol. The van der Waals surface area contributed by atoms with Crippen molar-refractivity contribution in [3.8, 4) is 5.75 Å². The number of aliphatic hydroxyl groups is 1. The van der Waals surface area contributed by atoms with Crippen molar-refractivity contribution in [2.45, 2.75) is 32.3 Å². The monoisotopic (exact) mass is 262 g/mol. The minimum absolute atomic E-state index is 0.404. The van der Waals surface area contributed by atoms with E-state index in [0.29, 0.717) is 31.0 Å². The summed E-state index contributed by atoms with van der Waals surface area (Å²) in [6, 6.07) is 7.75. The molecule has 1 unspecified atom stereocenters. The van der Waals surface area contributed by atoms with Crippen LogP contribution in [-0.2, 0) is 12.8 Å². The first-order valence-corrected chi connectivity index (χ1v) is 6.33. The largest absolute Gasteiger partial charge is 0.497 e. The Kier molecular flexibility index (Phi) is 4.52. The number of aliphatic hydroxyl groups excluding tert-OH is 1. The number of aromatic nitrogens is 2. The van der Waals surface area contributed by atoms with E-state index in [1.165, 1.54) is 0 Å². The van der Waals surface area contributed by atoms with Crippen LogP contribution in [0, 0.1) is 0 Å². The first-order valence-electron chi connectivity index (χ1n) is 6.33. The molecule has 0 saturated heterocycles. The topological polar surface area (TPSA) is 68.4 Å². The van der Waals surface area contributed by atoms with Crippen LogP contribution in [-0.4, -0.2) is 28.5 Å². The molecule has 0 radical (unpaired) electrons. The fraction of sp³-hybridized carbons (Fsp3) is 0.429. The minimum atomic E-state index is -0.426. The van der Waals surface area contributed by atoms with Crippen LogP contribution in [0.2, 0.25) is 0 Å². The van der Waals surface area contributed by atoms with E-state index >= 15 is 0 Å². The molecule has 0 saturated carbocycles. The molecule has 19 heavy (non-hydrogen) atoms. The number of ether oxygens (including phenoxy) is 1. The standard InChI is InChI=1S/C14H18N2O3/c1-3-11(17)9-14-15-13(16-19-14)8-10-5-4-6-12(7-10)18-2/h4-7,11,17H,3,8-9H2,1-2H3. The molecule has 0 amide bonds. The van der Waals surface area contributed by atoms with Crippen LogP contribution in [0.5, 0.6) is 5.75 Å². The van der Waals surface area contributed by atoms with Gasteiger partial charge in [0, 0.05) is 6.42 Å². The van der Waals surface area contributed by atoms with E-state index in [2.05, 4.69) is 10.1 Å². The van der Waals surface area contributed by atoms with E-state index in [-0.39, 0.29) is 0 Å². The molecule has 1 heterocycles. The molecule has 0 aliphatic rings. The fourth-order valence-corrected chi connectivity index (χ4v) is 1.76. The van der Waals surface area contributed by atoms with Crippen LogP contribution in [0.15, 0.2) is 28.8 Å². The predicted molar refractivity (Wildman–Crippen MR) is 70.1 cm³/mol. The summed E-state index contributed by atoms with van der Waals surface area (Å²) >= 11 is 0. The minimum Gasteiger partial charge on any atom is -0.497 e. The second-order valence-corrected chi connectivity index (χ2v) is 4.40. The molecule has 0 bridgehead atoms. The summed E-state index contributed by atoms with van der Waals surface area (Å²) in [6.07, 6.45) is 1.24. The lowest BCUT2D eigenvalue weighted by Gasteiger charge is -2.02. The van der Waals surface area contributed by atoms with Gasteiger partial charge in [-0.1, -0.05) is 24.2 Å². The Hall–Kier alpha value is -1.88. The van der Waals surface area contributed by atoms with Crippen LogP contribution in [0.25, 0.3) is 0 Å². The second kappa shape index (κ2) is 6.33. The van der Waals surface area contributed by atoms with Gasteiger partial charge in [-0.15, -0.1) is 0 Å². The van der Waals surface area contributed by atoms with E-state index in [1.807, 2.05) is 31.2 Å². The van der Waals surface area contributed by atoms with Gasteiger partial charge >= 0.3 is 0 Å². The van der Waals surface area contributed by atoms with Gasteiger partial charge in [-0.05, 0) is 24.1 Å². The average Bonchev–Trinajstić information content (AvgIpc) is 2.86. The normalized spacial score (nSPS) is 12.4. The first-order chi connectivity index (χ1) is 9.21. The Labute approximate surface area is 112 Å². The van der Waals surface area contributed by atoms with E-state index in [4.69, 9.17) is 9.26 Å². The molecule has 5 heteroatoms. The van der Waals surface area contributed by atoms with Gasteiger partial charge in [-0.25, -0.2) is 0 Å². The summed E-state index contributed by atoms with van der Waals surface area (Å²) in [5.74, 6) is 1.90. The molecule has 1 N–H and O–H groups in total. The smallest absolute Gasteiger partial charge is 0.229 e. The Balaban J connectivity index is 2.02. The van der Waals surface area contributed by atoms with Crippen LogP contribution < -0.4 is 4.74 Å². The zero-order valence-electron chi connectivity index (χ0n) is 11.2. The first kappa shape index (κ1) is 13.5. The van der Waals surface area contributed by atoms with Crippen molar-refractivity contribution in [2.75, 3.05) is 7.11 Å². The lowest BCUT2D eigenvalue weighted by molar-refractivity contribution is 0.158. The third kappa shape index (κ3) is 3.79. The van der Waals surface area contributed by atoms with E-state index in [1.54, 1.807) is 7.11 Å². The van der Waals surface area contributed by atoms with Crippen LogP contribution >= 0.6 is 0 Å². The molecule has 0 spiro atoms. The zero-order chi connectivity index (χ0) is 13.7. The van der Waals surface area contributed by atoms with Crippen molar-refractivity contribution in [3.63, 3.8) is 0 Å². The molecule has 0 aliphatic heterocycles. The fourth-order valence-electron chi connectivity index (χ4n) is 1.76. The maximum atomic E-state index is 9.53. The molecule has 2 rings (SSSR count). The second-order valence-electron chi connectivity index (χ2n) is 4.40. The highest BCUT2D eigenvalue weighted by molar-refractivity contribution is 5.30. The van der Waals surface area contributed by atoms with Gasteiger partial charge in [-0.3, -0.25) is 0 Å². The molecule has 1 aromatic heterocycles. The zero-order valence-corrected chi connectivity index (χ0v) is 11.2. The van der Waals surface area contributed by atoms with Gasteiger partial charge < -0.3 is 14.4 Å². The molecule has 5 nitrogen and oxygen atoms in total. The van der Waals surface area contributed by atoms with Crippen molar-refractivity contribution in [1.82, 2.24) is 10.1 Å². The molecule has 0 aliphatic carbocycles. The predicted octanol–water partition coefficient (Wildman–Crippen LogP) is 1.98. The van der Waals surface area contributed by atoms with E-state index in [9.17, 15) is 5.11 Å². The van der Waals surface area contributed by atoms with Gasteiger partial charge in [0.25, 0.3) is 0 Å². The molecule has 102 valence electrons. The van der Waals surface area contributed by atoms with E-state index in [0.717, 1.165) is 11.3 Å². The van der Waals surface area contributed by atoms with Gasteiger partial charge in [0.1, 0.15) is 5.75 Å². The van der Waals surface area contributed by atoms with Crippen LogP contribution in [0.3, 0.4) is 0 Å². The van der Waals surface area contributed by atoms with Crippen molar-refractivity contribution < 1.29 is 14.4 Å². The maximum absolute atomic E-state index is 9.53. The highest BCUT2D eigenvalue weighted by Gasteiger charge is 2.11. The number of benzene rings is 1. The molecule has 2 aromatic rings. The summed E-state index contributed by atoms with van der Waals surface area (Å²) in [5.41, 5.74) is 1.06. The molecule has 1 aromatic carbocycles. The van der Waals surface area contributed by atoms with Crippen molar-refractivity contribution in [1.29, 1.82) is 0 Å². The lowest BCUT2D eigenvalue weighted by Crippen LogP contribution is -2.08. The highest BCUT2D eigenvalue weighted by Crippen LogP contribution is 2.15. The highest BCUT2D eigenvalue weighted by atomic mass is 16.5. The van der Waals surface area contributed by atoms with Gasteiger partial charge in [-0.2, -0.15) is 4.98 Å². The Morgan fingerprint density at radius 2 is 2.26 bits per heavy atom. The molecule has 1 atom stereocenters. The summed E-state index contributed by atoms with van der Waals surface area (Å²) in [5, 5.41) is 13.5. The summed E-state index contributed by atoms with van der Waals surface area (Å²) in [6.45, 7) is 1.91.